The molecule has 0 amide bonds. The van der Waals surface area contributed by atoms with E-state index in [2.05, 4.69) is 24.0 Å². The van der Waals surface area contributed by atoms with Crippen molar-refractivity contribution in [2.24, 2.45) is 0 Å². The third-order valence-electron chi connectivity index (χ3n) is 5.73. The van der Waals surface area contributed by atoms with E-state index in [0.29, 0.717) is 13.0 Å². The van der Waals surface area contributed by atoms with Crippen LogP contribution in [0.25, 0.3) is 0 Å². The molecule has 24 heavy (non-hydrogen) atoms. The molecule has 2 aliphatic heterocycles. The average Bonchev–Trinajstić information content (AvgIpc) is 2.56. The highest BCUT2D eigenvalue weighted by atomic mass is 16.5. The average molecular weight is 335 g/mol. The number of hydrogen-bond donors (Lipinski definition) is 2. The van der Waals surface area contributed by atoms with Crippen molar-refractivity contribution in [2.75, 3.05) is 26.8 Å². The lowest BCUT2D eigenvalue weighted by atomic mass is 9.75. The van der Waals surface area contributed by atoms with Crippen molar-refractivity contribution in [2.45, 2.75) is 57.0 Å². The quantitative estimate of drug-likeness (QED) is 0.883. The first kappa shape index (κ1) is 17.7. The maximum Gasteiger partial charge on any atom is 0.119 e. The Balaban J connectivity index is 1.63. The molecule has 134 valence electrons. The number of ether oxygens (including phenoxy) is 2. The second-order valence-electron chi connectivity index (χ2n) is 7.49. The van der Waals surface area contributed by atoms with Crippen LogP contribution in [0.3, 0.4) is 0 Å². The van der Waals surface area contributed by atoms with Crippen LogP contribution < -0.4 is 4.74 Å². The normalized spacial score (nSPS) is 30.5. The summed E-state index contributed by atoms with van der Waals surface area (Å²) in [6, 6.07) is 6.18. The molecule has 3 rings (SSSR count). The van der Waals surface area contributed by atoms with Crippen molar-refractivity contribution in [1.82, 2.24) is 4.90 Å². The molecule has 2 saturated heterocycles. The molecule has 0 bridgehead atoms. The zero-order valence-electron chi connectivity index (χ0n) is 14.9. The number of likely N-dealkylation sites (tertiary alicyclic amines) is 1. The van der Waals surface area contributed by atoms with Gasteiger partial charge < -0.3 is 19.7 Å². The molecule has 0 radical (unpaired) electrons. The summed E-state index contributed by atoms with van der Waals surface area (Å²) in [5, 5.41) is 21.0. The summed E-state index contributed by atoms with van der Waals surface area (Å²) in [6.07, 6.45) is 1.17. The fourth-order valence-electron chi connectivity index (χ4n) is 3.96. The second-order valence-corrected chi connectivity index (χ2v) is 7.49. The summed E-state index contributed by atoms with van der Waals surface area (Å²) in [5.74, 6) is 0.884. The summed E-state index contributed by atoms with van der Waals surface area (Å²) >= 11 is 0. The molecule has 5 nitrogen and oxygen atoms in total. The number of nitrogens with zero attached hydrogens (tertiary/aromatic N) is 1. The van der Waals surface area contributed by atoms with Crippen molar-refractivity contribution >= 4 is 0 Å². The minimum atomic E-state index is -1.05. The Kier molecular flexibility index (Phi) is 4.89. The smallest absolute Gasteiger partial charge is 0.119 e. The van der Waals surface area contributed by atoms with Gasteiger partial charge in [0.2, 0.25) is 0 Å². The Morgan fingerprint density at radius 2 is 2.00 bits per heavy atom. The molecule has 0 aliphatic carbocycles. The van der Waals surface area contributed by atoms with Gasteiger partial charge in [0.15, 0.2) is 0 Å². The van der Waals surface area contributed by atoms with Gasteiger partial charge in [0, 0.05) is 26.1 Å². The second kappa shape index (κ2) is 6.64. The number of aliphatic hydroxyl groups excluding tert-OH is 1. The molecule has 1 aromatic rings. The lowest BCUT2D eigenvalue weighted by molar-refractivity contribution is -0.246. The van der Waals surface area contributed by atoms with Crippen molar-refractivity contribution in [3.63, 3.8) is 0 Å². The van der Waals surface area contributed by atoms with Gasteiger partial charge in [0.1, 0.15) is 11.9 Å². The maximum absolute atomic E-state index is 10.6. The van der Waals surface area contributed by atoms with E-state index in [4.69, 9.17) is 9.47 Å². The van der Waals surface area contributed by atoms with E-state index in [9.17, 15) is 10.2 Å². The van der Waals surface area contributed by atoms with Crippen molar-refractivity contribution in [3.8, 4) is 5.75 Å². The van der Waals surface area contributed by atoms with Crippen LogP contribution >= 0.6 is 0 Å². The third-order valence-corrected chi connectivity index (χ3v) is 5.73. The van der Waals surface area contributed by atoms with Gasteiger partial charge in [-0.1, -0.05) is 6.07 Å². The Hall–Kier alpha value is -1.14. The third kappa shape index (κ3) is 3.31. The monoisotopic (exact) mass is 335 g/mol. The van der Waals surface area contributed by atoms with Crippen molar-refractivity contribution in [1.29, 1.82) is 0 Å². The van der Waals surface area contributed by atoms with E-state index in [1.165, 1.54) is 11.1 Å². The van der Waals surface area contributed by atoms with E-state index < -0.39 is 17.3 Å². The van der Waals surface area contributed by atoms with E-state index in [1.54, 1.807) is 14.0 Å². The molecular formula is C19H29NO4. The zero-order chi connectivity index (χ0) is 17.4. The molecule has 1 spiro atoms. The number of hydrogen-bond acceptors (Lipinski definition) is 5. The maximum atomic E-state index is 10.6. The summed E-state index contributed by atoms with van der Waals surface area (Å²) in [5.41, 5.74) is 0.885. The highest BCUT2D eigenvalue weighted by Gasteiger charge is 2.52. The van der Waals surface area contributed by atoms with Gasteiger partial charge in [0.25, 0.3) is 0 Å². The Morgan fingerprint density at radius 1 is 1.29 bits per heavy atom. The molecule has 2 atom stereocenters. The minimum absolute atomic E-state index is 0.491. The van der Waals surface area contributed by atoms with Crippen LogP contribution in [0.15, 0.2) is 18.2 Å². The van der Waals surface area contributed by atoms with Gasteiger partial charge in [-0.2, -0.15) is 0 Å². The summed E-state index contributed by atoms with van der Waals surface area (Å²) < 4.78 is 11.2. The first-order chi connectivity index (χ1) is 11.4. The molecule has 2 fully saturated rings. The van der Waals surface area contributed by atoms with Gasteiger partial charge in [-0.25, -0.2) is 0 Å². The van der Waals surface area contributed by atoms with Crippen LogP contribution in [0.4, 0.5) is 0 Å². The Bertz CT molecular complexity index is 579. The van der Waals surface area contributed by atoms with Gasteiger partial charge in [0.05, 0.1) is 24.9 Å². The molecule has 0 unspecified atom stereocenters. The first-order valence-corrected chi connectivity index (χ1v) is 8.77. The Morgan fingerprint density at radius 3 is 2.62 bits per heavy atom. The summed E-state index contributed by atoms with van der Waals surface area (Å²) in [6.45, 7) is 6.95. The lowest BCUT2D eigenvalue weighted by Gasteiger charge is -2.51. The topological polar surface area (TPSA) is 62.2 Å². The van der Waals surface area contributed by atoms with Gasteiger partial charge >= 0.3 is 0 Å². The molecule has 1 aromatic carbocycles. The number of benzene rings is 1. The van der Waals surface area contributed by atoms with Crippen LogP contribution in [-0.2, 0) is 11.3 Å². The van der Waals surface area contributed by atoms with Crippen molar-refractivity contribution in [3.05, 3.63) is 29.3 Å². The SMILES string of the molecule is COc1ccc(CN2CCC3(CC2)OCC[C@@](C)(O)[C@@H]3O)c(C)c1. The van der Waals surface area contributed by atoms with E-state index in [-0.39, 0.29) is 0 Å². The number of aryl methyl sites for hydroxylation is 1. The lowest BCUT2D eigenvalue weighted by Crippen LogP contribution is -2.64. The summed E-state index contributed by atoms with van der Waals surface area (Å²) in [4.78, 5) is 2.39. The number of methoxy groups -OCH3 is 1. The van der Waals surface area contributed by atoms with E-state index in [1.807, 2.05) is 6.07 Å². The van der Waals surface area contributed by atoms with E-state index >= 15 is 0 Å². The van der Waals surface area contributed by atoms with Crippen LogP contribution in [0.2, 0.25) is 0 Å². The molecule has 0 aromatic heterocycles. The van der Waals surface area contributed by atoms with Crippen LogP contribution in [-0.4, -0.2) is 59.2 Å². The van der Waals surface area contributed by atoms with Crippen LogP contribution in [0.5, 0.6) is 5.75 Å². The predicted octanol–water partition coefficient (Wildman–Crippen LogP) is 1.87. The fraction of sp³-hybridized carbons (Fsp3) is 0.684. The van der Waals surface area contributed by atoms with E-state index in [0.717, 1.165) is 38.2 Å². The fourth-order valence-corrected chi connectivity index (χ4v) is 3.96. The van der Waals surface area contributed by atoms with Gasteiger partial charge in [-0.15, -0.1) is 0 Å². The predicted molar refractivity (Wildman–Crippen MR) is 92.2 cm³/mol. The molecule has 5 heteroatoms. The molecule has 0 saturated carbocycles. The molecule has 2 aliphatic rings. The molecule has 2 heterocycles. The Labute approximate surface area is 144 Å². The standard InChI is InChI=1S/C19H29NO4/c1-14-12-16(23-3)5-4-15(14)13-20-9-6-19(7-10-20)17(21)18(2,22)8-11-24-19/h4-5,12,17,21-22H,6-11,13H2,1-3H3/t17-,18+/m0/s1. The first-order valence-electron chi connectivity index (χ1n) is 8.77. The largest absolute Gasteiger partial charge is 0.497 e. The molecule has 2 N–H and O–H groups in total. The summed E-state index contributed by atoms with van der Waals surface area (Å²) in [7, 11) is 1.68. The number of rotatable bonds is 3. The van der Waals surface area contributed by atoms with Crippen molar-refractivity contribution < 1.29 is 19.7 Å². The number of aliphatic hydroxyl groups is 2. The van der Waals surface area contributed by atoms with Gasteiger partial charge in [-0.3, -0.25) is 4.90 Å². The minimum Gasteiger partial charge on any atom is -0.497 e. The zero-order valence-corrected chi connectivity index (χ0v) is 14.9. The van der Waals surface area contributed by atoms with Gasteiger partial charge in [-0.05, 0) is 49.9 Å². The van der Waals surface area contributed by atoms with Crippen LogP contribution in [0.1, 0.15) is 37.3 Å². The number of piperidine rings is 1. The highest BCUT2D eigenvalue weighted by molar-refractivity contribution is 5.34. The highest BCUT2D eigenvalue weighted by Crippen LogP contribution is 2.40. The molecular weight excluding hydrogens is 306 g/mol. The van der Waals surface area contributed by atoms with Crippen LogP contribution in [0, 0.1) is 6.92 Å².